The third-order valence-corrected chi connectivity index (χ3v) is 3.57. The third-order valence-electron chi connectivity index (χ3n) is 2.91. The van der Waals surface area contributed by atoms with E-state index in [4.69, 9.17) is 25.2 Å². The van der Waals surface area contributed by atoms with Crippen molar-refractivity contribution < 1.29 is 19.4 Å². The molecule has 0 spiro atoms. The number of hydrogen-bond donors (Lipinski definition) is 2. The molecule has 2 aromatic carbocycles. The van der Waals surface area contributed by atoms with Gasteiger partial charge in [-0.2, -0.15) is 0 Å². The van der Waals surface area contributed by atoms with Crippen molar-refractivity contribution in [3.63, 3.8) is 0 Å². The molecule has 1 heterocycles. The molecule has 0 saturated carbocycles. The number of amidine groups is 1. The van der Waals surface area contributed by atoms with E-state index in [9.17, 15) is 0 Å². The lowest BCUT2D eigenvalue weighted by Crippen LogP contribution is -2.15. The molecule has 0 unspecified atom stereocenters. The molecule has 0 saturated heterocycles. The Bertz CT molecular complexity index is 718. The lowest BCUT2D eigenvalue weighted by molar-refractivity contribution is 0.174. The fourth-order valence-electron chi connectivity index (χ4n) is 1.96. The van der Waals surface area contributed by atoms with Crippen LogP contribution in [0.3, 0.4) is 0 Å². The highest BCUT2D eigenvalue weighted by Gasteiger charge is 2.16. The maximum absolute atomic E-state index is 8.88. The maximum Gasteiger partial charge on any atom is 0.231 e. The molecule has 0 amide bonds. The van der Waals surface area contributed by atoms with Crippen LogP contribution in [0, 0.1) is 0 Å². The molecule has 0 radical (unpaired) electrons. The molecule has 21 heavy (non-hydrogen) atoms. The second kappa shape index (κ2) is 5.53. The molecule has 108 valence electrons. The number of benzene rings is 2. The van der Waals surface area contributed by atoms with Crippen LogP contribution in [0.5, 0.6) is 23.0 Å². The number of oxime groups is 1. The van der Waals surface area contributed by atoms with Crippen LogP contribution < -0.4 is 19.9 Å². The second-order valence-electron chi connectivity index (χ2n) is 4.22. The number of halogens is 1. The number of hydrogen-bond acceptors (Lipinski definition) is 5. The standard InChI is InChI=1S/C14H11BrN2O4/c15-9-2-1-3-11(13(9)14(16)17-18)21-8-4-5-10-12(6-8)20-7-19-10/h1-6,18H,7H2,(H2,16,17). The quantitative estimate of drug-likeness (QED) is 0.384. The molecule has 0 fully saturated rings. The van der Waals surface area contributed by atoms with Gasteiger partial charge in [-0.3, -0.25) is 0 Å². The van der Waals surface area contributed by atoms with Crippen LogP contribution in [0.25, 0.3) is 0 Å². The SMILES string of the molecule is N/C(=N/O)c1c(Br)cccc1Oc1ccc2c(c1)OCO2. The highest BCUT2D eigenvalue weighted by Crippen LogP contribution is 2.38. The summed E-state index contributed by atoms with van der Waals surface area (Å²) in [4.78, 5) is 0. The highest BCUT2D eigenvalue weighted by atomic mass is 79.9. The van der Waals surface area contributed by atoms with Gasteiger partial charge < -0.3 is 25.2 Å². The number of fused-ring (bicyclic) bond motifs is 1. The summed E-state index contributed by atoms with van der Waals surface area (Å²) in [6, 6.07) is 10.5. The van der Waals surface area contributed by atoms with Gasteiger partial charge in [-0.25, -0.2) is 0 Å². The van der Waals surface area contributed by atoms with Crippen molar-refractivity contribution in [1.29, 1.82) is 0 Å². The van der Waals surface area contributed by atoms with E-state index in [0.717, 1.165) is 0 Å². The Morgan fingerprint density at radius 1 is 1.24 bits per heavy atom. The minimum atomic E-state index is -0.0433. The summed E-state index contributed by atoms with van der Waals surface area (Å²) < 4.78 is 17.0. The van der Waals surface area contributed by atoms with Gasteiger partial charge in [0.2, 0.25) is 6.79 Å². The Labute approximate surface area is 128 Å². The van der Waals surface area contributed by atoms with E-state index in [-0.39, 0.29) is 12.6 Å². The Kier molecular flexibility index (Phi) is 3.57. The van der Waals surface area contributed by atoms with Crippen molar-refractivity contribution >= 4 is 21.8 Å². The largest absolute Gasteiger partial charge is 0.456 e. The highest BCUT2D eigenvalue weighted by molar-refractivity contribution is 9.10. The van der Waals surface area contributed by atoms with Crippen molar-refractivity contribution in [3.8, 4) is 23.0 Å². The van der Waals surface area contributed by atoms with Crippen LogP contribution in [0.4, 0.5) is 0 Å². The van der Waals surface area contributed by atoms with Gasteiger partial charge >= 0.3 is 0 Å². The Balaban J connectivity index is 1.97. The molecule has 1 aliphatic rings. The van der Waals surface area contributed by atoms with Crippen LogP contribution in [-0.4, -0.2) is 17.8 Å². The van der Waals surface area contributed by atoms with Gasteiger partial charge in [-0.15, -0.1) is 0 Å². The zero-order chi connectivity index (χ0) is 14.8. The van der Waals surface area contributed by atoms with Gasteiger partial charge in [-0.1, -0.05) is 11.2 Å². The summed E-state index contributed by atoms with van der Waals surface area (Å²) in [5.74, 6) is 2.27. The van der Waals surface area contributed by atoms with Crippen LogP contribution in [0.15, 0.2) is 46.0 Å². The van der Waals surface area contributed by atoms with E-state index in [1.54, 1.807) is 36.4 Å². The maximum atomic E-state index is 8.88. The predicted molar refractivity (Wildman–Crippen MR) is 79.3 cm³/mol. The summed E-state index contributed by atoms with van der Waals surface area (Å²) in [7, 11) is 0. The summed E-state index contributed by atoms with van der Waals surface area (Å²) in [6.45, 7) is 0.199. The second-order valence-corrected chi connectivity index (χ2v) is 5.07. The molecule has 3 N–H and O–H groups in total. The molecule has 7 heteroatoms. The first kappa shape index (κ1) is 13.6. The van der Waals surface area contributed by atoms with Crippen molar-refractivity contribution in [1.82, 2.24) is 0 Å². The fourth-order valence-corrected chi connectivity index (χ4v) is 2.51. The Morgan fingerprint density at radius 3 is 2.86 bits per heavy atom. The zero-order valence-corrected chi connectivity index (χ0v) is 12.3. The molecule has 0 bridgehead atoms. The Hall–Kier alpha value is -2.41. The number of rotatable bonds is 3. The normalized spacial score (nSPS) is 13.3. The van der Waals surface area contributed by atoms with E-state index < -0.39 is 0 Å². The van der Waals surface area contributed by atoms with Gasteiger partial charge in [0.25, 0.3) is 0 Å². The average molecular weight is 351 g/mol. The number of nitrogens with zero attached hydrogens (tertiary/aromatic N) is 1. The number of ether oxygens (including phenoxy) is 3. The van der Waals surface area contributed by atoms with Gasteiger partial charge in [0.15, 0.2) is 17.3 Å². The van der Waals surface area contributed by atoms with Gasteiger partial charge in [0, 0.05) is 10.5 Å². The molecule has 0 aliphatic carbocycles. The first-order chi connectivity index (χ1) is 10.2. The average Bonchev–Trinajstić information content (AvgIpc) is 2.94. The van der Waals surface area contributed by atoms with E-state index in [2.05, 4.69) is 21.1 Å². The third kappa shape index (κ3) is 2.59. The van der Waals surface area contributed by atoms with E-state index in [1.807, 2.05) is 0 Å². The predicted octanol–water partition coefficient (Wildman–Crippen LogP) is 3.06. The molecule has 6 nitrogen and oxygen atoms in total. The summed E-state index contributed by atoms with van der Waals surface area (Å²) in [6.07, 6.45) is 0. The van der Waals surface area contributed by atoms with Crippen molar-refractivity contribution in [2.45, 2.75) is 0 Å². The fraction of sp³-hybridized carbons (Fsp3) is 0.0714. The van der Waals surface area contributed by atoms with E-state index >= 15 is 0 Å². The van der Waals surface area contributed by atoms with Crippen molar-refractivity contribution in [2.24, 2.45) is 10.9 Å². The number of nitrogens with two attached hydrogens (primary N) is 1. The van der Waals surface area contributed by atoms with Crippen molar-refractivity contribution in [2.75, 3.05) is 6.79 Å². The van der Waals surface area contributed by atoms with Crippen molar-refractivity contribution in [3.05, 3.63) is 46.4 Å². The molecule has 0 atom stereocenters. The summed E-state index contributed by atoms with van der Waals surface area (Å²) >= 11 is 3.36. The first-order valence-corrected chi connectivity index (χ1v) is 6.82. The minimum absolute atomic E-state index is 0.0433. The van der Waals surface area contributed by atoms with Crippen LogP contribution >= 0.6 is 15.9 Å². The van der Waals surface area contributed by atoms with Gasteiger partial charge in [0.1, 0.15) is 11.5 Å². The monoisotopic (exact) mass is 350 g/mol. The lowest BCUT2D eigenvalue weighted by Gasteiger charge is -2.12. The molecular formula is C14H11BrN2O4. The van der Waals surface area contributed by atoms with Crippen LogP contribution in [-0.2, 0) is 0 Å². The lowest BCUT2D eigenvalue weighted by atomic mass is 10.2. The zero-order valence-electron chi connectivity index (χ0n) is 10.7. The molecule has 0 aromatic heterocycles. The van der Waals surface area contributed by atoms with E-state index in [0.29, 0.717) is 33.0 Å². The molecule has 3 rings (SSSR count). The smallest absolute Gasteiger partial charge is 0.231 e. The van der Waals surface area contributed by atoms with E-state index in [1.165, 1.54) is 0 Å². The first-order valence-electron chi connectivity index (χ1n) is 6.03. The van der Waals surface area contributed by atoms with Gasteiger partial charge in [0.05, 0.1) is 5.56 Å². The minimum Gasteiger partial charge on any atom is -0.456 e. The molecule has 1 aliphatic heterocycles. The summed E-state index contributed by atoms with van der Waals surface area (Å²) in [5, 5.41) is 11.9. The molecule has 2 aromatic rings. The summed E-state index contributed by atoms with van der Waals surface area (Å²) in [5.41, 5.74) is 6.16. The Morgan fingerprint density at radius 2 is 2.05 bits per heavy atom. The van der Waals surface area contributed by atoms with Crippen LogP contribution in [0.2, 0.25) is 0 Å². The molecular weight excluding hydrogens is 340 g/mol. The van der Waals surface area contributed by atoms with Gasteiger partial charge in [-0.05, 0) is 40.2 Å². The topological polar surface area (TPSA) is 86.3 Å². The van der Waals surface area contributed by atoms with Crippen LogP contribution in [0.1, 0.15) is 5.56 Å².